The Labute approximate surface area is 106 Å². The van der Waals surface area contributed by atoms with Crippen LogP contribution in [0.1, 0.15) is 50.0 Å². The molecule has 1 aliphatic rings. The molecular formula is C13H18N2O3. The normalized spacial score (nSPS) is 19.4. The summed E-state index contributed by atoms with van der Waals surface area (Å²) in [5, 5.41) is 9.00. The molecule has 1 heterocycles. The zero-order valence-electron chi connectivity index (χ0n) is 10.7. The minimum Gasteiger partial charge on any atom is -0.476 e. The monoisotopic (exact) mass is 250 g/mol. The Morgan fingerprint density at radius 1 is 1.33 bits per heavy atom. The molecule has 2 rings (SSSR count). The van der Waals surface area contributed by atoms with Gasteiger partial charge in [0.15, 0.2) is 0 Å². The molecule has 0 aromatic carbocycles. The number of aromatic nitrogens is 2. The van der Waals surface area contributed by atoms with Gasteiger partial charge in [-0.3, -0.25) is 0 Å². The van der Waals surface area contributed by atoms with E-state index in [1.54, 1.807) is 0 Å². The van der Waals surface area contributed by atoms with Crippen LogP contribution in [-0.4, -0.2) is 27.1 Å². The number of carbonyl (C=O) groups is 1. The fourth-order valence-electron chi connectivity index (χ4n) is 2.21. The van der Waals surface area contributed by atoms with Gasteiger partial charge in [0, 0.05) is 12.4 Å². The van der Waals surface area contributed by atoms with E-state index in [0.29, 0.717) is 5.41 Å². The van der Waals surface area contributed by atoms with Gasteiger partial charge in [-0.05, 0) is 31.1 Å². The van der Waals surface area contributed by atoms with E-state index in [0.717, 1.165) is 25.7 Å². The summed E-state index contributed by atoms with van der Waals surface area (Å²) in [6, 6.07) is 0. The van der Waals surface area contributed by atoms with Crippen LogP contribution in [0.25, 0.3) is 0 Å². The summed E-state index contributed by atoms with van der Waals surface area (Å²) in [7, 11) is 0. The third-order valence-electron chi connectivity index (χ3n) is 3.43. The Bertz CT molecular complexity index is 436. The standard InChI is InChI=1S/C13H18N2O3/c1-13(2)5-3-9(4-6-13)18-11-10(12(16)17)14-7-8-15-11/h7-9H,3-6H2,1-2H3,(H,16,17). The van der Waals surface area contributed by atoms with Gasteiger partial charge in [0.1, 0.15) is 6.10 Å². The van der Waals surface area contributed by atoms with E-state index in [4.69, 9.17) is 9.84 Å². The van der Waals surface area contributed by atoms with Crippen LogP contribution in [0.4, 0.5) is 0 Å². The van der Waals surface area contributed by atoms with Crippen LogP contribution in [-0.2, 0) is 0 Å². The third-order valence-corrected chi connectivity index (χ3v) is 3.43. The highest BCUT2D eigenvalue weighted by Crippen LogP contribution is 2.36. The molecule has 0 atom stereocenters. The topological polar surface area (TPSA) is 72.3 Å². The molecule has 0 unspecified atom stereocenters. The highest BCUT2D eigenvalue weighted by Gasteiger charge is 2.29. The van der Waals surface area contributed by atoms with Gasteiger partial charge in [0.05, 0.1) is 0 Å². The molecule has 0 amide bonds. The van der Waals surface area contributed by atoms with E-state index in [2.05, 4.69) is 23.8 Å². The number of aromatic carboxylic acids is 1. The lowest BCUT2D eigenvalue weighted by atomic mass is 9.76. The van der Waals surface area contributed by atoms with E-state index < -0.39 is 5.97 Å². The Balaban J connectivity index is 2.04. The lowest BCUT2D eigenvalue weighted by Gasteiger charge is -2.34. The second kappa shape index (κ2) is 4.92. The van der Waals surface area contributed by atoms with Gasteiger partial charge in [0.25, 0.3) is 0 Å². The molecule has 1 aromatic heterocycles. The van der Waals surface area contributed by atoms with Crippen LogP contribution in [0.5, 0.6) is 5.88 Å². The van der Waals surface area contributed by atoms with Crippen molar-refractivity contribution >= 4 is 5.97 Å². The number of rotatable bonds is 3. The van der Waals surface area contributed by atoms with Gasteiger partial charge in [-0.15, -0.1) is 0 Å². The van der Waals surface area contributed by atoms with Crippen molar-refractivity contribution in [3.63, 3.8) is 0 Å². The van der Waals surface area contributed by atoms with Crippen LogP contribution in [0, 0.1) is 5.41 Å². The Morgan fingerprint density at radius 3 is 2.56 bits per heavy atom. The summed E-state index contributed by atoms with van der Waals surface area (Å²) < 4.78 is 5.69. The Hall–Kier alpha value is -1.65. The van der Waals surface area contributed by atoms with Gasteiger partial charge in [-0.1, -0.05) is 13.8 Å². The molecule has 1 aliphatic carbocycles. The van der Waals surface area contributed by atoms with Crippen LogP contribution >= 0.6 is 0 Å². The molecule has 1 fully saturated rings. The summed E-state index contributed by atoms with van der Waals surface area (Å²) >= 11 is 0. The summed E-state index contributed by atoms with van der Waals surface area (Å²) in [5.74, 6) is -0.969. The smallest absolute Gasteiger partial charge is 0.360 e. The highest BCUT2D eigenvalue weighted by atomic mass is 16.5. The number of hydrogen-bond acceptors (Lipinski definition) is 4. The second-order valence-electron chi connectivity index (χ2n) is 5.50. The first kappa shape index (κ1) is 12.8. The van der Waals surface area contributed by atoms with E-state index in [1.807, 2.05) is 0 Å². The van der Waals surface area contributed by atoms with Crippen molar-refractivity contribution in [2.24, 2.45) is 5.41 Å². The average Bonchev–Trinajstić information content (AvgIpc) is 2.32. The molecule has 5 nitrogen and oxygen atoms in total. The number of carboxylic acids is 1. The number of carboxylic acid groups (broad SMARTS) is 1. The summed E-state index contributed by atoms with van der Waals surface area (Å²) in [6.45, 7) is 4.49. The molecule has 5 heteroatoms. The van der Waals surface area contributed by atoms with Gasteiger partial charge >= 0.3 is 5.97 Å². The zero-order chi connectivity index (χ0) is 13.2. The Morgan fingerprint density at radius 2 is 1.94 bits per heavy atom. The maximum atomic E-state index is 11.0. The maximum Gasteiger partial charge on any atom is 0.360 e. The van der Waals surface area contributed by atoms with Crippen LogP contribution in [0.2, 0.25) is 0 Å². The van der Waals surface area contributed by atoms with Crippen molar-refractivity contribution in [3.05, 3.63) is 18.1 Å². The molecule has 1 aromatic rings. The fraction of sp³-hybridized carbons (Fsp3) is 0.615. The van der Waals surface area contributed by atoms with Crippen molar-refractivity contribution in [2.75, 3.05) is 0 Å². The predicted octanol–water partition coefficient (Wildman–Crippen LogP) is 2.52. The fourth-order valence-corrected chi connectivity index (χ4v) is 2.21. The van der Waals surface area contributed by atoms with Gasteiger partial charge < -0.3 is 9.84 Å². The van der Waals surface area contributed by atoms with Crippen LogP contribution in [0.3, 0.4) is 0 Å². The number of nitrogens with zero attached hydrogens (tertiary/aromatic N) is 2. The van der Waals surface area contributed by atoms with Crippen LogP contribution < -0.4 is 4.74 Å². The molecule has 98 valence electrons. The molecule has 0 radical (unpaired) electrons. The van der Waals surface area contributed by atoms with Crippen molar-refractivity contribution in [2.45, 2.75) is 45.6 Å². The lowest BCUT2D eigenvalue weighted by molar-refractivity contribution is 0.0660. The maximum absolute atomic E-state index is 11.0. The SMILES string of the molecule is CC1(C)CCC(Oc2nccnc2C(=O)O)CC1. The molecule has 0 saturated heterocycles. The predicted molar refractivity (Wildman–Crippen MR) is 65.7 cm³/mol. The van der Waals surface area contributed by atoms with Crippen molar-refractivity contribution in [1.82, 2.24) is 9.97 Å². The third kappa shape index (κ3) is 2.97. The quantitative estimate of drug-likeness (QED) is 0.892. The molecule has 0 spiro atoms. The zero-order valence-corrected chi connectivity index (χ0v) is 10.7. The minimum absolute atomic E-state index is 0.0489. The molecular weight excluding hydrogens is 232 g/mol. The molecule has 18 heavy (non-hydrogen) atoms. The molecule has 0 aliphatic heterocycles. The van der Waals surface area contributed by atoms with Gasteiger partial charge in [0.2, 0.25) is 11.6 Å². The van der Waals surface area contributed by atoms with E-state index in [-0.39, 0.29) is 17.7 Å². The van der Waals surface area contributed by atoms with E-state index in [1.165, 1.54) is 12.4 Å². The van der Waals surface area contributed by atoms with Crippen molar-refractivity contribution in [3.8, 4) is 5.88 Å². The lowest BCUT2D eigenvalue weighted by Crippen LogP contribution is -2.29. The highest BCUT2D eigenvalue weighted by molar-refractivity contribution is 5.87. The number of hydrogen-bond donors (Lipinski definition) is 1. The van der Waals surface area contributed by atoms with Crippen LogP contribution in [0.15, 0.2) is 12.4 Å². The van der Waals surface area contributed by atoms with Crippen molar-refractivity contribution in [1.29, 1.82) is 0 Å². The molecule has 1 saturated carbocycles. The summed E-state index contributed by atoms with van der Waals surface area (Å²) in [6.07, 6.45) is 6.90. The molecule has 0 bridgehead atoms. The van der Waals surface area contributed by atoms with E-state index >= 15 is 0 Å². The van der Waals surface area contributed by atoms with Gasteiger partial charge in [-0.25, -0.2) is 14.8 Å². The average molecular weight is 250 g/mol. The first-order valence-corrected chi connectivity index (χ1v) is 6.19. The van der Waals surface area contributed by atoms with Crippen molar-refractivity contribution < 1.29 is 14.6 Å². The van der Waals surface area contributed by atoms with Gasteiger partial charge in [-0.2, -0.15) is 0 Å². The first-order valence-electron chi connectivity index (χ1n) is 6.19. The Kier molecular flexibility index (Phi) is 3.50. The molecule has 1 N–H and O–H groups in total. The second-order valence-corrected chi connectivity index (χ2v) is 5.50. The number of ether oxygens (including phenoxy) is 1. The summed E-state index contributed by atoms with van der Waals surface area (Å²) in [4.78, 5) is 18.7. The summed E-state index contributed by atoms with van der Waals surface area (Å²) in [5.41, 5.74) is 0.250. The largest absolute Gasteiger partial charge is 0.476 e. The first-order chi connectivity index (χ1) is 8.48. The van der Waals surface area contributed by atoms with E-state index in [9.17, 15) is 4.79 Å². The minimum atomic E-state index is -1.10.